The number of carboxylic acid groups (broad SMARTS) is 1. The molecule has 4 unspecified atom stereocenters. The van der Waals surface area contributed by atoms with Gasteiger partial charge in [0.05, 0.1) is 6.04 Å². The molecule has 1 aromatic heterocycles. The highest BCUT2D eigenvalue weighted by Crippen LogP contribution is 2.19. The van der Waals surface area contributed by atoms with Gasteiger partial charge in [-0.05, 0) is 55.0 Å². The number of rotatable bonds is 18. The molecule has 0 aliphatic rings. The van der Waals surface area contributed by atoms with Crippen LogP contribution in [0.3, 0.4) is 0 Å². The van der Waals surface area contributed by atoms with E-state index in [1.165, 1.54) is 24.3 Å². The number of nitrogens with one attached hydrogen (secondary N) is 4. The number of nitrogens with zero attached hydrogens (tertiary/aromatic N) is 1. The molecule has 252 valence electrons. The van der Waals surface area contributed by atoms with E-state index in [-0.39, 0.29) is 56.8 Å². The molecule has 14 N–H and O–H groups in total. The summed E-state index contributed by atoms with van der Waals surface area (Å²) >= 11 is 0. The highest BCUT2D eigenvalue weighted by atomic mass is 16.4. The number of carboxylic acids is 1. The van der Waals surface area contributed by atoms with Crippen molar-refractivity contribution >= 4 is 46.5 Å². The lowest BCUT2D eigenvalue weighted by molar-refractivity contribution is -0.142. The molecule has 4 atom stereocenters. The molecule has 16 heteroatoms. The topological polar surface area (TPSA) is 294 Å². The Kier molecular flexibility index (Phi) is 13.1. The molecule has 16 nitrogen and oxygen atoms in total. The average Bonchev–Trinajstić information content (AvgIpc) is 3.43. The summed E-state index contributed by atoms with van der Waals surface area (Å²) in [7, 11) is 0. The number of para-hydroxylation sites is 1. The molecule has 0 fully saturated rings. The summed E-state index contributed by atoms with van der Waals surface area (Å²) in [6.45, 7) is 0.154. The smallest absolute Gasteiger partial charge is 0.326 e. The first kappa shape index (κ1) is 35.8. The van der Waals surface area contributed by atoms with Crippen LogP contribution in [-0.2, 0) is 36.8 Å². The van der Waals surface area contributed by atoms with Crippen molar-refractivity contribution < 1.29 is 34.2 Å². The van der Waals surface area contributed by atoms with Gasteiger partial charge in [-0.15, -0.1) is 0 Å². The Bertz CT molecular complexity index is 1590. The van der Waals surface area contributed by atoms with E-state index >= 15 is 0 Å². The second kappa shape index (κ2) is 17.2. The Morgan fingerprint density at radius 2 is 1.45 bits per heavy atom. The number of amides is 4. The molecule has 0 bridgehead atoms. The molecule has 0 radical (unpaired) electrons. The fourth-order valence-electron chi connectivity index (χ4n) is 4.85. The van der Waals surface area contributed by atoms with Gasteiger partial charge in [0.15, 0.2) is 5.96 Å². The normalized spacial score (nSPS) is 13.5. The number of aromatic hydroxyl groups is 1. The number of hydrogen-bond donors (Lipinski definition) is 10. The Morgan fingerprint density at radius 3 is 2.11 bits per heavy atom. The number of phenolic OH excluding ortho intramolecular Hbond substituents is 1. The number of nitrogens with two attached hydrogens (primary N) is 4. The molecule has 0 saturated carbocycles. The summed E-state index contributed by atoms with van der Waals surface area (Å²) in [5, 5.41) is 27.8. The van der Waals surface area contributed by atoms with Crippen LogP contribution in [0.5, 0.6) is 5.75 Å². The van der Waals surface area contributed by atoms with Crippen LogP contribution in [-0.4, -0.2) is 81.5 Å². The summed E-state index contributed by atoms with van der Waals surface area (Å²) < 4.78 is 0. The van der Waals surface area contributed by atoms with Gasteiger partial charge < -0.3 is 54.1 Å². The number of primary amides is 1. The lowest BCUT2D eigenvalue weighted by Gasteiger charge is -2.25. The maximum absolute atomic E-state index is 13.7. The van der Waals surface area contributed by atoms with Gasteiger partial charge in [0, 0.05) is 36.5 Å². The number of carbonyl (C=O) groups is 5. The van der Waals surface area contributed by atoms with E-state index in [2.05, 4.69) is 25.9 Å². The van der Waals surface area contributed by atoms with Gasteiger partial charge in [-0.2, -0.15) is 0 Å². The Balaban J connectivity index is 1.80. The maximum atomic E-state index is 13.7. The van der Waals surface area contributed by atoms with Gasteiger partial charge >= 0.3 is 5.97 Å². The number of guanidine groups is 1. The SMILES string of the molecule is NC(=O)CCC(NC(=O)C(Cc1ccc(O)cc1)NC(=O)C(CCCN=C(N)N)NC(=O)C(N)Cc1c[nH]c2ccccc12)C(=O)O. The number of aliphatic carboxylic acids is 1. The lowest BCUT2D eigenvalue weighted by atomic mass is 10.0. The second-order valence-corrected chi connectivity index (χ2v) is 11.0. The summed E-state index contributed by atoms with van der Waals surface area (Å²) in [5.74, 6) is -4.54. The first-order chi connectivity index (χ1) is 22.3. The van der Waals surface area contributed by atoms with Crippen LogP contribution < -0.4 is 38.9 Å². The second-order valence-electron chi connectivity index (χ2n) is 11.0. The summed E-state index contributed by atoms with van der Waals surface area (Å²) in [6.07, 6.45) is 1.61. The van der Waals surface area contributed by atoms with Gasteiger partial charge in [-0.1, -0.05) is 30.3 Å². The van der Waals surface area contributed by atoms with E-state index in [0.717, 1.165) is 16.5 Å². The number of hydrogen-bond acceptors (Lipinski definition) is 8. The minimum Gasteiger partial charge on any atom is -0.508 e. The molecular weight excluding hydrogens is 610 g/mol. The van der Waals surface area contributed by atoms with Gasteiger partial charge in [0.2, 0.25) is 23.6 Å². The standard InChI is InChI=1S/C31H41N9O7/c32-21(15-18-16-37-22-5-2-1-4-20(18)22)27(43)38-23(6-3-13-36-31(34)35)28(44)40-25(14-17-7-9-19(41)10-8-17)29(45)39-24(30(46)47)11-12-26(33)42/h1-2,4-5,7-10,16,21,23-25,37,41H,3,6,11-15,32H2,(H2,33,42)(H,38,43)(H,39,45)(H,40,44)(H,46,47)(H4,34,35,36). The number of carbonyl (C=O) groups excluding carboxylic acids is 4. The quantitative estimate of drug-likeness (QED) is 0.0447. The van der Waals surface area contributed by atoms with Gasteiger partial charge in [0.25, 0.3) is 0 Å². The third-order valence-corrected chi connectivity index (χ3v) is 7.33. The molecule has 1 heterocycles. The van der Waals surface area contributed by atoms with Gasteiger partial charge in [-0.3, -0.25) is 24.2 Å². The molecule has 0 aliphatic carbocycles. The monoisotopic (exact) mass is 651 g/mol. The fourth-order valence-corrected chi connectivity index (χ4v) is 4.85. The van der Waals surface area contributed by atoms with E-state index in [0.29, 0.717) is 5.56 Å². The Hall–Kier alpha value is -5.64. The van der Waals surface area contributed by atoms with Crippen molar-refractivity contribution in [3.05, 3.63) is 65.9 Å². The molecular formula is C31H41N9O7. The maximum Gasteiger partial charge on any atom is 0.326 e. The summed E-state index contributed by atoms with van der Waals surface area (Å²) in [5.41, 5.74) is 24.4. The predicted molar refractivity (Wildman–Crippen MR) is 174 cm³/mol. The minimum atomic E-state index is -1.47. The molecule has 0 saturated heterocycles. The summed E-state index contributed by atoms with van der Waals surface area (Å²) in [6, 6.07) is 8.38. The van der Waals surface area contributed by atoms with E-state index in [1.54, 1.807) is 6.20 Å². The van der Waals surface area contributed by atoms with Crippen LogP contribution in [0.1, 0.15) is 36.8 Å². The van der Waals surface area contributed by atoms with Crippen molar-refractivity contribution in [3.63, 3.8) is 0 Å². The van der Waals surface area contributed by atoms with Crippen LogP contribution in [0.25, 0.3) is 10.9 Å². The van der Waals surface area contributed by atoms with Crippen molar-refractivity contribution in [2.75, 3.05) is 6.54 Å². The first-order valence-electron chi connectivity index (χ1n) is 14.9. The summed E-state index contributed by atoms with van der Waals surface area (Å²) in [4.78, 5) is 70.3. The number of H-pyrrole nitrogens is 1. The van der Waals surface area contributed by atoms with Crippen molar-refractivity contribution in [2.45, 2.75) is 62.7 Å². The van der Waals surface area contributed by atoms with Crippen LogP contribution in [0.15, 0.2) is 59.7 Å². The molecule has 0 spiro atoms. The highest BCUT2D eigenvalue weighted by molar-refractivity contribution is 5.94. The van der Waals surface area contributed by atoms with Gasteiger partial charge in [-0.25, -0.2) is 4.79 Å². The van der Waals surface area contributed by atoms with Crippen molar-refractivity contribution in [1.82, 2.24) is 20.9 Å². The number of aromatic nitrogens is 1. The molecule has 0 aliphatic heterocycles. The zero-order chi connectivity index (χ0) is 34.5. The van der Waals surface area contributed by atoms with Gasteiger partial charge in [0.1, 0.15) is 23.9 Å². The fraction of sp³-hybridized carbons (Fsp3) is 0.355. The zero-order valence-electron chi connectivity index (χ0n) is 25.6. The van der Waals surface area contributed by atoms with Crippen molar-refractivity contribution in [2.24, 2.45) is 27.9 Å². The predicted octanol–water partition coefficient (Wildman–Crippen LogP) is -1.16. The van der Waals surface area contributed by atoms with Crippen molar-refractivity contribution in [1.29, 1.82) is 0 Å². The number of aliphatic imine (C=N–C) groups is 1. The number of benzene rings is 2. The molecule has 3 rings (SSSR count). The van der Waals surface area contributed by atoms with Crippen molar-refractivity contribution in [3.8, 4) is 5.75 Å². The van der Waals surface area contributed by atoms with E-state index < -0.39 is 53.8 Å². The number of phenols is 1. The molecule has 4 amide bonds. The largest absolute Gasteiger partial charge is 0.508 e. The van der Waals surface area contributed by atoms with Crippen LogP contribution in [0.4, 0.5) is 0 Å². The third kappa shape index (κ3) is 11.3. The Labute approximate surface area is 270 Å². The lowest BCUT2D eigenvalue weighted by Crippen LogP contribution is -2.57. The van der Waals surface area contributed by atoms with E-state index in [9.17, 15) is 34.2 Å². The molecule has 47 heavy (non-hydrogen) atoms. The highest BCUT2D eigenvalue weighted by Gasteiger charge is 2.31. The van der Waals surface area contributed by atoms with E-state index in [1.807, 2.05) is 24.3 Å². The minimum absolute atomic E-state index is 0.0243. The Morgan fingerprint density at radius 1 is 0.809 bits per heavy atom. The van der Waals surface area contributed by atoms with Crippen LogP contribution in [0.2, 0.25) is 0 Å². The number of fused-ring (bicyclic) bond motifs is 1. The average molecular weight is 652 g/mol. The van der Waals surface area contributed by atoms with E-state index in [4.69, 9.17) is 22.9 Å². The first-order valence-corrected chi connectivity index (χ1v) is 14.9. The molecule has 3 aromatic rings. The third-order valence-electron chi connectivity index (χ3n) is 7.33. The number of aromatic amines is 1. The zero-order valence-corrected chi connectivity index (χ0v) is 25.6. The van der Waals surface area contributed by atoms with Crippen LogP contribution >= 0.6 is 0 Å². The molecule has 2 aromatic carbocycles. The van der Waals surface area contributed by atoms with Crippen LogP contribution in [0, 0.1) is 0 Å².